The molecule has 3 radical (unpaired) electrons. The Balaban J connectivity index is 3.85. The van der Waals surface area contributed by atoms with Crippen LogP contribution in [0.2, 0.25) is 0 Å². The maximum absolute atomic E-state index is 5.91. The van der Waals surface area contributed by atoms with E-state index in [-0.39, 0.29) is 6.10 Å². The normalized spacial score (nSPS) is 13.3. The van der Waals surface area contributed by atoms with Gasteiger partial charge in [-0.05, 0) is 27.2 Å². The molecule has 0 aromatic heterocycles. The van der Waals surface area contributed by atoms with Crippen LogP contribution in [0, 0.1) is 0 Å². The van der Waals surface area contributed by atoms with E-state index in [2.05, 4.69) is 17.2 Å². The Labute approximate surface area is 161 Å². The summed E-state index contributed by atoms with van der Waals surface area (Å²) in [6.07, 6.45) is 15.8. The molecule has 0 aliphatic rings. The molecule has 0 fully saturated rings. The minimum Gasteiger partial charge on any atom is -0.373 e. The van der Waals surface area contributed by atoms with Crippen molar-refractivity contribution in [2.24, 2.45) is 0 Å². The van der Waals surface area contributed by atoms with Crippen molar-refractivity contribution in [1.82, 2.24) is 0 Å². The third-order valence-corrected chi connectivity index (χ3v) is 5.19. The molecule has 25 heavy (non-hydrogen) atoms. The Hall–Kier alpha value is 0.0969. The van der Waals surface area contributed by atoms with Gasteiger partial charge in [-0.1, -0.05) is 77.6 Å². The summed E-state index contributed by atoms with van der Waals surface area (Å²) < 4.78 is 17.5. The number of rotatable bonds is 19. The number of hydrogen-bond acceptors (Lipinski definition) is 3. The molecule has 0 spiro atoms. The van der Waals surface area contributed by atoms with E-state index < -0.39 is 5.41 Å². The van der Waals surface area contributed by atoms with Crippen LogP contribution in [0.25, 0.3) is 0 Å². The lowest BCUT2D eigenvalue weighted by Crippen LogP contribution is -2.49. The average Bonchev–Trinajstić information content (AvgIpc) is 2.59. The second-order valence-corrected chi connectivity index (χ2v) is 7.50. The molecule has 1 unspecified atom stereocenters. The Morgan fingerprint density at radius 2 is 1.08 bits per heavy atom. The average molecular weight is 372 g/mol. The van der Waals surface area contributed by atoms with E-state index in [1.54, 1.807) is 0 Å². The van der Waals surface area contributed by atoms with E-state index >= 15 is 0 Å². The van der Waals surface area contributed by atoms with Gasteiger partial charge in [-0.3, -0.25) is 0 Å². The zero-order valence-corrected chi connectivity index (χ0v) is 18.4. The van der Waals surface area contributed by atoms with Gasteiger partial charge in [0.2, 0.25) is 0 Å². The lowest BCUT2D eigenvalue weighted by atomic mass is 10.0. The highest BCUT2D eigenvalue weighted by atomic mass is 28.1. The van der Waals surface area contributed by atoms with Crippen LogP contribution in [-0.4, -0.2) is 41.6 Å². The van der Waals surface area contributed by atoms with Crippen LogP contribution in [0.3, 0.4) is 0 Å². The number of ether oxygens (including phenoxy) is 3. The zero-order valence-electron chi connectivity index (χ0n) is 17.4. The fourth-order valence-corrected chi connectivity index (χ4v) is 3.75. The third-order valence-electron chi connectivity index (χ3n) is 4.58. The van der Waals surface area contributed by atoms with Crippen molar-refractivity contribution >= 4 is 10.2 Å². The van der Waals surface area contributed by atoms with Crippen molar-refractivity contribution in [3.63, 3.8) is 0 Å². The Kier molecular flexibility index (Phi) is 17.6. The molecular weight excluding hydrogens is 328 g/mol. The van der Waals surface area contributed by atoms with Crippen molar-refractivity contribution in [1.29, 1.82) is 0 Å². The van der Waals surface area contributed by atoms with Crippen molar-refractivity contribution in [2.45, 2.75) is 116 Å². The van der Waals surface area contributed by atoms with E-state index in [1.807, 2.05) is 20.8 Å². The van der Waals surface area contributed by atoms with Crippen molar-refractivity contribution in [3.05, 3.63) is 0 Å². The minimum absolute atomic E-state index is 0.0624. The van der Waals surface area contributed by atoms with Crippen LogP contribution in [-0.2, 0) is 14.2 Å². The van der Waals surface area contributed by atoms with Crippen LogP contribution in [0.15, 0.2) is 0 Å². The molecule has 0 aromatic rings. The van der Waals surface area contributed by atoms with E-state index in [1.165, 1.54) is 64.2 Å². The summed E-state index contributed by atoms with van der Waals surface area (Å²) in [6, 6.07) is 0. The van der Waals surface area contributed by atoms with Gasteiger partial charge in [0, 0.05) is 19.8 Å². The van der Waals surface area contributed by atoms with Gasteiger partial charge in [0.25, 0.3) is 0 Å². The van der Waals surface area contributed by atoms with Crippen LogP contribution >= 0.6 is 0 Å². The van der Waals surface area contributed by atoms with Gasteiger partial charge >= 0.3 is 0 Å². The van der Waals surface area contributed by atoms with Crippen LogP contribution in [0.5, 0.6) is 0 Å². The quantitative estimate of drug-likeness (QED) is 0.159. The fraction of sp³-hybridized carbons (Fsp3) is 1.00. The van der Waals surface area contributed by atoms with Crippen molar-refractivity contribution in [3.8, 4) is 0 Å². The van der Waals surface area contributed by atoms with E-state index in [9.17, 15) is 0 Å². The summed E-state index contributed by atoms with van der Waals surface area (Å²) in [6.45, 7) is 10.2. The summed E-state index contributed by atoms with van der Waals surface area (Å²) >= 11 is 0. The van der Waals surface area contributed by atoms with Gasteiger partial charge in [0.05, 0.1) is 0 Å². The molecule has 4 heteroatoms. The standard InChI is InChI=1S/C21H43O3Si/c1-5-9-10-11-12-13-14-15-16-17-18-19-20(22-6-2)21(25,23-7-3)24-8-4/h20H,5-19H2,1-4H3. The summed E-state index contributed by atoms with van der Waals surface area (Å²) in [5, 5.41) is 0. The predicted molar refractivity (Wildman–Crippen MR) is 108 cm³/mol. The monoisotopic (exact) mass is 371 g/mol. The van der Waals surface area contributed by atoms with E-state index in [0.717, 1.165) is 12.8 Å². The molecule has 0 N–H and O–H groups in total. The molecule has 0 aliphatic heterocycles. The van der Waals surface area contributed by atoms with Gasteiger partial charge in [-0.25, -0.2) is 0 Å². The number of hydrogen-bond donors (Lipinski definition) is 0. The summed E-state index contributed by atoms with van der Waals surface area (Å²) in [5.74, 6) is 0. The summed E-state index contributed by atoms with van der Waals surface area (Å²) in [5.41, 5.74) is -0.808. The highest BCUT2D eigenvalue weighted by molar-refractivity contribution is 6.13. The first-order valence-electron chi connectivity index (χ1n) is 10.8. The van der Waals surface area contributed by atoms with Gasteiger partial charge in [-0.15, -0.1) is 0 Å². The molecule has 0 heterocycles. The second kappa shape index (κ2) is 17.5. The van der Waals surface area contributed by atoms with Crippen LogP contribution in [0.4, 0.5) is 0 Å². The first kappa shape index (κ1) is 25.1. The zero-order chi connectivity index (χ0) is 18.8. The molecule has 0 aromatic carbocycles. The van der Waals surface area contributed by atoms with E-state index in [0.29, 0.717) is 19.8 Å². The molecule has 0 amide bonds. The topological polar surface area (TPSA) is 27.7 Å². The van der Waals surface area contributed by atoms with Crippen molar-refractivity contribution in [2.75, 3.05) is 19.8 Å². The predicted octanol–water partition coefficient (Wildman–Crippen LogP) is 5.99. The maximum Gasteiger partial charge on any atom is 0.169 e. The molecule has 0 saturated carbocycles. The largest absolute Gasteiger partial charge is 0.373 e. The lowest BCUT2D eigenvalue weighted by molar-refractivity contribution is -0.237. The molecular formula is C21H43O3Si. The Morgan fingerprint density at radius 3 is 1.48 bits per heavy atom. The summed E-state index contributed by atoms with van der Waals surface area (Å²) in [4.78, 5) is 0. The molecule has 0 saturated heterocycles. The molecule has 149 valence electrons. The van der Waals surface area contributed by atoms with Crippen LogP contribution < -0.4 is 0 Å². The molecule has 0 rings (SSSR count). The van der Waals surface area contributed by atoms with Crippen LogP contribution in [0.1, 0.15) is 105 Å². The van der Waals surface area contributed by atoms with Gasteiger partial charge in [0.15, 0.2) is 5.41 Å². The van der Waals surface area contributed by atoms with Gasteiger partial charge in [-0.2, -0.15) is 0 Å². The third kappa shape index (κ3) is 13.0. The molecule has 3 nitrogen and oxygen atoms in total. The Bertz CT molecular complexity index is 268. The second-order valence-electron chi connectivity index (χ2n) is 6.80. The molecule has 0 aliphatic carbocycles. The van der Waals surface area contributed by atoms with Gasteiger partial charge < -0.3 is 14.2 Å². The van der Waals surface area contributed by atoms with Crippen molar-refractivity contribution < 1.29 is 14.2 Å². The SMILES string of the molecule is CCCCCCCCCCCCCC(OCC)C([Si])(OCC)OCC. The molecule has 0 bridgehead atoms. The summed E-state index contributed by atoms with van der Waals surface area (Å²) in [7, 11) is 3.69. The fourth-order valence-electron chi connectivity index (χ4n) is 3.23. The highest BCUT2D eigenvalue weighted by Gasteiger charge is 2.35. The Morgan fingerprint density at radius 1 is 0.640 bits per heavy atom. The van der Waals surface area contributed by atoms with E-state index in [4.69, 9.17) is 14.2 Å². The minimum atomic E-state index is -0.808. The lowest BCUT2D eigenvalue weighted by Gasteiger charge is -2.37. The number of unbranched alkanes of at least 4 members (excludes halogenated alkanes) is 10. The highest BCUT2D eigenvalue weighted by Crippen LogP contribution is 2.23. The first-order chi connectivity index (χ1) is 12.1. The smallest absolute Gasteiger partial charge is 0.169 e. The maximum atomic E-state index is 5.91. The molecule has 1 atom stereocenters. The van der Waals surface area contributed by atoms with Gasteiger partial charge in [0.1, 0.15) is 16.3 Å². The first-order valence-corrected chi connectivity index (χ1v) is 11.3.